The molecule has 0 bridgehead atoms. The molecular weight excluding hydrogens is 324 g/mol. The molecule has 1 atom stereocenters. The number of aromatic nitrogens is 1. The summed E-state index contributed by atoms with van der Waals surface area (Å²) < 4.78 is 0. The monoisotopic (exact) mass is 348 g/mol. The topological polar surface area (TPSA) is 62.2 Å². The van der Waals surface area contributed by atoms with Crippen LogP contribution in [0.15, 0.2) is 54.6 Å². The highest BCUT2D eigenvalue weighted by molar-refractivity contribution is 5.86. The molecule has 1 heterocycles. The molecule has 0 aliphatic rings. The number of hydrogen-bond donors (Lipinski definition) is 2. The summed E-state index contributed by atoms with van der Waals surface area (Å²) in [6, 6.07) is 17.5. The second kappa shape index (κ2) is 8.11. The zero-order valence-corrected chi connectivity index (χ0v) is 15.2. The fourth-order valence-electron chi connectivity index (χ4n) is 3.24. The maximum atomic E-state index is 12.4. The van der Waals surface area contributed by atoms with Gasteiger partial charge in [-0.25, -0.2) is 0 Å². The van der Waals surface area contributed by atoms with Gasteiger partial charge < -0.3 is 10.4 Å². The van der Waals surface area contributed by atoms with Gasteiger partial charge in [-0.1, -0.05) is 48.5 Å². The maximum Gasteiger partial charge on any atom is 0.224 e. The summed E-state index contributed by atoms with van der Waals surface area (Å²) in [6.45, 7) is 4.42. The first-order chi connectivity index (χ1) is 12.6. The van der Waals surface area contributed by atoms with Gasteiger partial charge in [0.05, 0.1) is 18.0 Å². The van der Waals surface area contributed by atoms with Crippen LogP contribution in [0.5, 0.6) is 0 Å². The van der Waals surface area contributed by atoms with E-state index in [0.717, 1.165) is 33.3 Å². The van der Waals surface area contributed by atoms with Crippen LogP contribution in [-0.4, -0.2) is 22.5 Å². The Bertz CT molecular complexity index is 907. The molecule has 0 aliphatic carbocycles. The molecule has 4 heteroatoms. The molecule has 0 saturated carbocycles. The lowest BCUT2D eigenvalue weighted by atomic mass is 9.99. The van der Waals surface area contributed by atoms with Crippen molar-refractivity contribution in [3.05, 3.63) is 77.0 Å². The van der Waals surface area contributed by atoms with Crippen molar-refractivity contribution in [2.45, 2.75) is 32.8 Å². The van der Waals surface area contributed by atoms with Gasteiger partial charge in [0.2, 0.25) is 5.91 Å². The molecule has 2 N–H and O–H groups in total. The van der Waals surface area contributed by atoms with Gasteiger partial charge in [0.25, 0.3) is 0 Å². The van der Waals surface area contributed by atoms with E-state index in [4.69, 9.17) is 0 Å². The summed E-state index contributed by atoms with van der Waals surface area (Å²) in [5.74, 6) is -0.0476. The Kier molecular flexibility index (Phi) is 5.64. The standard InChI is InChI=1S/C22H24N2O2/c1-15-18-10-6-7-11-20(18)24-16(2)19(15)14-22(26)23-13-12-21(25)17-8-4-3-5-9-17/h3-11,21,25H,12-14H2,1-2H3,(H,23,26). The number of fused-ring (bicyclic) bond motifs is 1. The number of aliphatic hydroxyl groups is 1. The molecule has 0 radical (unpaired) electrons. The van der Waals surface area contributed by atoms with E-state index in [0.29, 0.717) is 19.4 Å². The quantitative estimate of drug-likeness (QED) is 0.715. The van der Waals surface area contributed by atoms with Crippen LogP contribution in [0.3, 0.4) is 0 Å². The maximum absolute atomic E-state index is 12.4. The number of amides is 1. The lowest BCUT2D eigenvalue weighted by Crippen LogP contribution is -2.27. The molecule has 26 heavy (non-hydrogen) atoms. The summed E-state index contributed by atoms with van der Waals surface area (Å²) in [4.78, 5) is 17.0. The van der Waals surface area contributed by atoms with Crippen molar-refractivity contribution in [1.82, 2.24) is 10.3 Å². The molecule has 0 aliphatic heterocycles. The van der Waals surface area contributed by atoms with Crippen molar-refractivity contribution in [2.24, 2.45) is 0 Å². The van der Waals surface area contributed by atoms with Crippen LogP contribution in [-0.2, 0) is 11.2 Å². The predicted octanol–water partition coefficient (Wildman–Crippen LogP) is 3.63. The van der Waals surface area contributed by atoms with Crippen molar-refractivity contribution >= 4 is 16.8 Å². The first kappa shape index (κ1) is 18.1. The van der Waals surface area contributed by atoms with Crippen molar-refractivity contribution < 1.29 is 9.90 Å². The smallest absolute Gasteiger partial charge is 0.224 e. The highest BCUT2D eigenvalue weighted by Gasteiger charge is 2.13. The van der Waals surface area contributed by atoms with Gasteiger partial charge >= 0.3 is 0 Å². The number of aryl methyl sites for hydroxylation is 2. The normalized spacial score (nSPS) is 12.1. The second-order valence-corrected chi connectivity index (χ2v) is 6.56. The van der Waals surface area contributed by atoms with E-state index >= 15 is 0 Å². The van der Waals surface area contributed by atoms with Gasteiger partial charge in [-0.3, -0.25) is 9.78 Å². The molecule has 1 unspecified atom stereocenters. The number of carbonyl (C=O) groups is 1. The number of para-hydroxylation sites is 1. The second-order valence-electron chi connectivity index (χ2n) is 6.56. The highest BCUT2D eigenvalue weighted by Crippen LogP contribution is 2.23. The van der Waals surface area contributed by atoms with E-state index in [1.165, 1.54) is 0 Å². The predicted molar refractivity (Wildman–Crippen MR) is 104 cm³/mol. The van der Waals surface area contributed by atoms with Crippen molar-refractivity contribution in [2.75, 3.05) is 6.54 Å². The molecule has 2 aromatic carbocycles. The number of nitrogens with zero attached hydrogens (tertiary/aromatic N) is 1. The lowest BCUT2D eigenvalue weighted by Gasteiger charge is -2.14. The zero-order valence-electron chi connectivity index (χ0n) is 15.2. The number of benzene rings is 2. The summed E-state index contributed by atoms with van der Waals surface area (Å²) in [6.07, 6.45) is 0.225. The van der Waals surface area contributed by atoms with Gasteiger partial charge in [0.15, 0.2) is 0 Å². The third-order valence-corrected chi connectivity index (χ3v) is 4.75. The van der Waals surface area contributed by atoms with Crippen LogP contribution in [0, 0.1) is 13.8 Å². The molecular formula is C22H24N2O2. The number of rotatable bonds is 6. The summed E-state index contributed by atoms with van der Waals surface area (Å²) in [5, 5.41) is 14.2. The Morgan fingerprint density at radius 3 is 2.54 bits per heavy atom. The van der Waals surface area contributed by atoms with E-state index in [-0.39, 0.29) is 5.91 Å². The Labute approximate surface area is 153 Å². The SMILES string of the molecule is Cc1nc2ccccc2c(C)c1CC(=O)NCCC(O)c1ccccc1. The van der Waals surface area contributed by atoms with Crippen LogP contribution < -0.4 is 5.32 Å². The number of hydrogen-bond acceptors (Lipinski definition) is 3. The minimum Gasteiger partial charge on any atom is -0.388 e. The molecule has 134 valence electrons. The Hall–Kier alpha value is -2.72. The molecule has 3 rings (SSSR count). The van der Waals surface area contributed by atoms with Gasteiger partial charge in [-0.15, -0.1) is 0 Å². The van der Waals surface area contributed by atoms with Crippen molar-refractivity contribution in [3.63, 3.8) is 0 Å². The number of aliphatic hydroxyl groups excluding tert-OH is 1. The van der Waals surface area contributed by atoms with Crippen molar-refractivity contribution in [3.8, 4) is 0 Å². The van der Waals surface area contributed by atoms with E-state index in [2.05, 4.69) is 10.3 Å². The van der Waals surface area contributed by atoms with Crippen molar-refractivity contribution in [1.29, 1.82) is 0 Å². The average molecular weight is 348 g/mol. The van der Waals surface area contributed by atoms with Gasteiger partial charge in [-0.2, -0.15) is 0 Å². The summed E-state index contributed by atoms with van der Waals surface area (Å²) in [7, 11) is 0. The van der Waals surface area contributed by atoms with E-state index in [1.54, 1.807) is 0 Å². The molecule has 1 aromatic heterocycles. The minimum atomic E-state index is -0.567. The Morgan fingerprint density at radius 2 is 1.77 bits per heavy atom. The molecule has 0 spiro atoms. The van der Waals surface area contributed by atoms with Crippen LogP contribution in [0.25, 0.3) is 10.9 Å². The fourth-order valence-corrected chi connectivity index (χ4v) is 3.24. The van der Waals surface area contributed by atoms with Crippen LogP contribution in [0.2, 0.25) is 0 Å². The van der Waals surface area contributed by atoms with E-state index in [1.807, 2.05) is 68.4 Å². The Morgan fingerprint density at radius 1 is 1.08 bits per heavy atom. The minimum absolute atomic E-state index is 0.0476. The largest absolute Gasteiger partial charge is 0.388 e. The summed E-state index contributed by atoms with van der Waals surface area (Å²) in [5.41, 5.74) is 4.79. The zero-order chi connectivity index (χ0) is 18.5. The molecule has 0 saturated heterocycles. The highest BCUT2D eigenvalue weighted by atomic mass is 16.3. The van der Waals surface area contributed by atoms with Crippen LogP contribution >= 0.6 is 0 Å². The molecule has 4 nitrogen and oxygen atoms in total. The molecule has 1 amide bonds. The fraction of sp³-hybridized carbons (Fsp3) is 0.273. The number of nitrogens with one attached hydrogen (secondary N) is 1. The first-order valence-corrected chi connectivity index (χ1v) is 8.91. The number of carbonyl (C=O) groups excluding carboxylic acids is 1. The van der Waals surface area contributed by atoms with Gasteiger partial charge in [-0.05, 0) is 43.0 Å². The Balaban J connectivity index is 1.61. The number of pyridine rings is 1. The lowest BCUT2D eigenvalue weighted by molar-refractivity contribution is -0.120. The van der Waals surface area contributed by atoms with E-state index < -0.39 is 6.10 Å². The third kappa shape index (κ3) is 4.09. The van der Waals surface area contributed by atoms with Crippen LogP contribution in [0.1, 0.15) is 34.9 Å². The van der Waals surface area contributed by atoms with Crippen LogP contribution in [0.4, 0.5) is 0 Å². The third-order valence-electron chi connectivity index (χ3n) is 4.75. The molecule has 3 aromatic rings. The van der Waals surface area contributed by atoms with Gasteiger partial charge in [0.1, 0.15) is 0 Å². The average Bonchev–Trinajstić information content (AvgIpc) is 2.66. The first-order valence-electron chi connectivity index (χ1n) is 8.91. The molecule has 0 fully saturated rings. The van der Waals surface area contributed by atoms with E-state index in [9.17, 15) is 9.90 Å². The summed E-state index contributed by atoms with van der Waals surface area (Å²) >= 11 is 0. The van der Waals surface area contributed by atoms with Gasteiger partial charge in [0, 0.05) is 17.6 Å².